The van der Waals surface area contributed by atoms with E-state index in [0.717, 1.165) is 5.56 Å². The molecule has 1 aromatic carbocycles. The summed E-state index contributed by atoms with van der Waals surface area (Å²) in [5.74, 6) is -2.29. The summed E-state index contributed by atoms with van der Waals surface area (Å²) in [4.78, 5) is 14.6. The molecule has 0 spiro atoms. The molecule has 0 unspecified atom stereocenters. The summed E-state index contributed by atoms with van der Waals surface area (Å²) in [5, 5.41) is 0. The molecule has 26 heavy (non-hydrogen) atoms. The predicted molar refractivity (Wildman–Crippen MR) is 94.2 cm³/mol. The maximum absolute atomic E-state index is 13.9. The van der Waals surface area contributed by atoms with Crippen LogP contribution in [0.1, 0.15) is 32.3 Å². The van der Waals surface area contributed by atoms with Crippen LogP contribution < -0.4 is 9.47 Å². The van der Waals surface area contributed by atoms with Gasteiger partial charge in [0.2, 0.25) is 5.91 Å². The van der Waals surface area contributed by atoms with Crippen molar-refractivity contribution in [2.24, 2.45) is 0 Å². The number of alkyl halides is 2. The first-order valence-electron chi connectivity index (χ1n) is 8.81. The third-order valence-electron chi connectivity index (χ3n) is 5.08. The molecule has 1 heterocycles. The number of amides is 1. The van der Waals surface area contributed by atoms with Crippen LogP contribution in [0.4, 0.5) is 8.78 Å². The van der Waals surface area contributed by atoms with Gasteiger partial charge in [0.15, 0.2) is 11.5 Å². The summed E-state index contributed by atoms with van der Waals surface area (Å²) in [6, 6.07) is 5.30. The molecule has 0 saturated carbocycles. The van der Waals surface area contributed by atoms with E-state index in [1.165, 1.54) is 19.1 Å². The van der Waals surface area contributed by atoms with Crippen LogP contribution in [0.25, 0.3) is 0 Å². The quantitative estimate of drug-likeness (QED) is 0.770. The Morgan fingerprint density at radius 2 is 1.88 bits per heavy atom. The van der Waals surface area contributed by atoms with Gasteiger partial charge in [-0.05, 0) is 30.5 Å². The second kappa shape index (κ2) is 8.20. The van der Waals surface area contributed by atoms with E-state index in [9.17, 15) is 13.6 Å². The predicted octanol–water partition coefficient (Wildman–Crippen LogP) is 3.26. The molecule has 1 aromatic rings. The first kappa shape index (κ1) is 20.4. The minimum absolute atomic E-state index is 0.108. The van der Waals surface area contributed by atoms with Crippen molar-refractivity contribution >= 4 is 5.91 Å². The van der Waals surface area contributed by atoms with Crippen LogP contribution in [0.5, 0.6) is 11.5 Å². The van der Waals surface area contributed by atoms with E-state index in [1.807, 2.05) is 13.8 Å². The molecule has 1 aliphatic rings. The van der Waals surface area contributed by atoms with Gasteiger partial charge in [0, 0.05) is 6.54 Å². The Morgan fingerprint density at radius 3 is 2.46 bits per heavy atom. The number of halogens is 2. The number of hydrogen-bond donors (Lipinski definition) is 0. The van der Waals surface area contributed by atoms with E-state index in [4.69, 9.17) is 14.2 Å². The van der Waals surface area contributed by atoms with Gasteiger partial charge < -0.3 is 19.1 Å². The zero-order chi connectivity index (χ0) is 19.4. The highest BCUT2D eigenvalue weighted by Gasteiger charge is 2.44. The minimum atomic E-state index is -3.04. The van der Waals surface area contributed by atoms with Crippen LogP contribution in [0.2, 0.25) is 0 Å². The highest BCUT2D eigenvalue weighted by molar-refractivity contribution is 5.88. The van der Waals surface area contributed by atoms with Gasteiger partial charge in [-0.3, -0.25) is 4.79 Å². The summed E-state index contributed by atoms with van der Waals surface area (Å²) in [7, 11) is 3.06. The average Bonchev–Trinajstić information content (AvgIpc) is 2.83. The molecule has 0 aromatic heterocycles. The molecule has 1 saturated heterocycles. The highest BCUT2D eigenvalue weighted by Crippen LogP contribution is 2.39. The van der Waals surface area contributed by atoms with Gasteiger partial charge in [-0.25, -0.2) is 8.78 Å². The van der Waals surface area contributed by atoms with Crippen LogP contribution in [-0.4, -0.2) is 57.3 Å². The second-order valence-electron chi connectivity index (χ2n) is 6.49. The van der Waals surface area contributed by atoms with Gasteiger partial charge in [0.1, 0.15) is 6.61 Å². The van der Waals surface area contributed by atoms with Crippen molar-refractivity contribution in [2.45, 2.75) is 38.0 Å². The van der Waals surface area contributed by atoms with Gasteiger partial charge in [0.25, 0.3) is 5.92 Å². The van der Waals surface area contributed by atoms with Crippen molar-refractivity contribution in [2.75, 3.05) is 40.5 Å². The molecular weight excluding hydrogens is 344 g/mol. The van der Waals surface area contributed by atoms with E-state index < -0.39 is 24.5 Å². The average molecular weight is 371 g/mol. The van der Waals surface area contributed by atoms with Crippen molar-refractivity contribution in [3.63, 3.8) is 0 Å². The third-order valence-corrected chi connectivity index (χ3v) is 5.08. The Bertz CT molecular complexity index is 632. The lowest BCUT2D eigenvalue weighted by Gasteiger charge is -2.37. The van der Waals surface area contributed by atoms with Gasteiger partial charge in [0.05, 0.1) is 32.8 Å². The normalized spacial score (nSPS) is 17.5. The number of rotatable bonds is 6. The van der Waals surface area contributed by atoms with E-state index in [0.29, 0.717) is 24.3 Å². The Kier molecular flexibility index (Phi) is 6.44. The fourth-order valence-corrected chi connectivity index (χ4v) is 3.49. The van der Waals surface area contributed by atoms with Crippen LogP contribution >= 0.6 is 0 Å². The van der Waals surface area contributed by atoms with Crippen molar-refractivity contribution in [3.05, 3.63) is 23.8 Å². The molecular formula is C19H27F2NO4. The number of carbonyl (C=O) groups is 1. The van der Waals surface area contributed by atoms with Crippen molar-refractivity contribution in [3.8, 4) is 11.5 Å². The molecule has 2 rings (SSSR count). The Hall–Kier alpha value is -1.89. The van der Waals surface area contributed by atoms with Crippen molar-refractivity contribution in [1.29, 1.82) is 0 Å². The molecule has 0 radical (unpaired) electrons. The Labute approximate surface area is 153 Å². The highest BCUT2D eigenvalue weighted by atomic mass is 19.3. The summed E-state index contributed by atoms with van der Waals surface area (Å²) in [5.41, 5.74) is -0.168. The number of hydrogen-bond acceptors (Lipinski definition) is 4. The zero-order valence-electron chi connectivity index (χ0n) is 15.8. The fourth-order valence-electron chi connectivity index (χ4n) is 3.49. The number of ether oxygens (including phenoxy) is 3. The maximum Gasteiger partial charge on any atom is 0.288 e. The van der Waals surface area contributed by atoms with Crippen LogP contribution in [0, 0.1) is 0 Å². The van der Waals surface area contributed by atoms with Gasteiger partial charge >= 0.3 is 0 Å². The second-order valence-corrected chi connectivity index (χ2v) is 6.49. The van der Waals surface area contributed by atoms with E-state index in [-0.39, 0.29) is 19.1 Å². The minimum Gasteiger partial charge on any atom is -0.493 e. The van der Waals surface area contributed by atoms with E-state index in [1.54, 1.807) is 18.2 Å². The molecule has 0 N–H and O–H groups in total. The molecule has 146 valence electrons. The fraction of sp³-hybridized carbons (Fsp3) is 0.632. The lowest BCUT2D eigenvalue weighted by Crippen LogP contribution is -2.50. The summed E-state index contributed by atoms with van der Waals surface area (Å²) >= 11 is 0. The molecule has 1 aliphatic heterocycles. The smallest absolute Gasteiger partial charge is 0.288 e. The van der Waals surface area contributed by atoms with Crippen LogP contribution in [0.3, 0.4) is 0 Å². The number of nitrogens with zero attached hydrogens (tertiary/aromatic N) is 1. The standard InChI is InChI=1S/C19H27F2NO4/c1-5-18(6-2,14-7-8-15(24-3)16(11-14)25-4)17(23)22-9-10-26-13-19(20,21)12-22/h7-8,11H,5-6,9-10,12-13H2,1-4H3. The van der Waals surface area contributed by atoms with Crippen LogP contribution in [0.15, 0.2) is 18.2 Å². The molecule has 0 aliphatic carbocycles. The Balaban J connectivity index is 2.44. The number of carbonyl (C=O) groups excluding carboxylic acids is 1. The summed E-state index contributed by atoms with van der Waals surface area (Å²) in [6.07, 6.45) is 0.974. The SMILES string of the molecule is CCC(CC)(C(=O)N1CCOCC(F)(F)C1)c1ccc(OC)c(OC)c1. The third kappa shape index (κ3) is 3.92. The Morgan fingerprint density at radius 1 is 1.23 bits per heavy atom. The van der Waals surface area contributed by atoms with Crippen LogP contribution in [-0.2, 0) is 14.9 Å². The van der Waals surface area contributed by atoms with E-state index in [2.05, 4.69) is 0 Å². The van der Waals surface area contributed by atoms with Crippen molar-refractivity contribution in [1.82, 2.24) is 4.90 Å². The number of benzene rings is 1. The monoisotopic (exact) mass is 371 g/mol. The molecule has 7 heteroatoms. The van der Waals surface area contributed by atoms with Gasteiger partial charge in [-0.1, -0.05) is 19.9 Å². The van der Waals surface area contributed by atoms with Gasteiger partial charge in [-0.15, -0.1) is 0 Å². The molecule has 5 nitrogen and oxygen atoms in total. The topological polar surface area (TPSA) is 48.0 Å². The molecule has 0 bridgehead atoms. The lowest BCUT2D eigenvalue weighted by atomic mass is 9.74. The van der Waals surface area contributed by atoms with E-state index >= 15 is 0 Å². The summed E-state index contributed by atoms with van der Waals surface area (Å²) < 4.78 is 43.4. The summed E-state index contributed by atoms with van der Waals surface area (Å²) in [6.45, 7) is 2.77. The lowest BCUT2D eigenvalue weighted by molar-refractivity contribution is -0.142. The maximum atomic E-state index is 13.9. The van der Waals surface area contributed by atoms with Crippen molar-refractivity contribution < 1.29 is 27.8 Å². The first-order chi connectivity index (χ1) is 12.3. The number of methoxy groups -OCH3 is 2. The van der Waals surface area contributed by atoms with Gasteiger partial charge in [-0.2, -0.15) is 0 Å². The molecule has 1 fully saturated rings. The zero-order valence-corrected chi connectivity index (χ0v) is 15.8. The first-order valence-corrected chi connectivity index (χ1v) is 8.81. The molecule has 1 amide bonds. The largest absolute Gasteiger partial charge is 0.493 e. The molecule has 0 atom stereocenters.